The highest BCUT2D eigenvalue weighted by atomic mass is 19.4. The quantitative estimate of drug-likeness (QED) is 0.800. The minimum absolute atomic E-state index is 0.197. The average molecular weight is 204 g/mol. The van der Waals surface area contributed by atoms with Crippen LogP contribution in [0.1, 0.15) is 18.1 Å². The third-order valence-electron chi connectivity index (χ3n) is 1.76. The maximum atomic E-state index is 12.4. The number of rotatable bonds is 2. The van der Waals surface area contributed by atoms with Crippen molar-refractivity contribution in [1.29, 1.82) is 0 Å². The van der Waals surface area contributed by atoms with Crippen molar-refractivity contribution in [3.63, 3.8) is 0 Å². The van der Waals surface area contributed by atoms with Crippen molar-refractivity contribution < 1.29 is 13.2 Å². The molecule has 1 aromatic rings. The second kappa shape index (κ2) is 3.96. The molecule has 1 rings (SSSR count). The summed E-state index contributed by atoms with van der Waals surface area (Å²) in [6.07, 6.45) is -1.97. The van der Waals surface area contributed by atoms with Gasteiger partial charge in [0.05, 0.1) is 5.56 Å². The van der Waals surface area contributed by atoms with Crippen LogP contribution in [0.3, 0.4) is 0 Å². The summed E-state index contributed by atoms with van der Waals surface area (Å²) in [5, 5.41) is 0. The molecular formula is C9H11F3N2. The maximum Gasteiger partial charge on any atom is 0.418 e. The molecule has 78 valence electrons. The lowest BCUT2D eigenvalue weighted by atomic mass is 10.0. The fourth-order valence-corrected chi connectivity index (χ4v) is 1.20. The molecule has 0 radical (unpaired) electrons. The van der Waals surface area contributed by atoms with E-state index in [4.69, 9.17) is 5.73 Å². The van der Waals surface area contributed by atoms with E-state index in [0.717, 1.165) is 6.20 Å². The van der Waals surface area contributed by atoms with Crippen molar-refractivity contribution >= 4 is 0 Å². The standard InChI is InChI=1S/C9H11F3N2/c1-6(13)4-7-2-3-14-5-8(7)9(10,11)12/h2-3,5-6H,4,13H2,1H3. The first kappa shape index (κ1) is 11.0. The van der Waals surface area contributed by atoms with Gasteiger partial charge in [0.25, 0.3) is 0 Å². The highest BCUT2D eigenvalue weighted by Gasteiger charge is 2.33. The molecular weight excluding hydrogens is 193 g/mol. The zero-order chi connectivity index (χ0) is 10.8. The fraction of sp³-hybridized carbons (Fsp3) is 0.444. The predicted molar refractivity (Wildman–Crippen MR) is 46.6 cm³/mol. The van der Waals surface area contributed by atoms with Crippen molar-refractivity contribution in [2.24, 2.45) is 5.73 Å². The Morgan fingerprint density at radius 3 is 2.64 bits per heavy atom. The lowest BCUT2D eigenvalue weighted by Gasteiger charge is -2.13. The van der Waals surface area contributed by atoms with Gasteiger partial charge in [-0.25, -0.2) is 0 Å². The van der Waals surface area contributed by atoms with Crippen LogP contribution in [-0.4, -0.2) is 11.0 Å². The summed E-state index contributed by atoms with van der Waals surface area (Å²) in [4.78, 5) is 3.46. The largest absolute Gasteiger partial charge is 0.418 e. The van der Waals surface area contributed by atoms with Gasteiger partial charge < -0.3 is 5.73 Å². The van der Waals surface area contributed by atoms with E-state index in [1.54, 1.807) is 6.92 Å². The molecule has 0 fully saturated rings. The van der Waals surface area contributed by atoms with Crippen LogP contribution in [-0.2, 0) is 12.6 Å². The van der Waals surface area contributed by atoms with Gasteiger partial charge in [-0.1, -0.05) is 0 Å². The third-order valence-corrected chi connectivity index (χ3v) is 1.76. The lowest BCUT2D eigenvalue weighted by molar-refractivity contribution is -0.138. The SMILES string of the molecule is CC(N)Cc1ccncc1C(F)(F)F. The van der Waals surface area contributed by atoms with E-state index >= 15 is 0 Å². The molecule has 5 heteroatoms. The van der Waals surface area contributed by atoms with Gasteiger partial charge in [0.15, 0.2) is 0 Å². The Bertz CT molecular complexity index is 307. The van der Waals surface area contributed by atoms with Gasteiger partial charge >= 0.3 is 6.18 Å². The molecule has 0 bridgehead atoms. The first-order chi connectivity index (χ1) is 6.41. The molecule has 0 amide bonds. The highest BCUT2D eigenvalue weighted by Crippen LogP contribution is 2.31. The van der Waals surface area contributed by atoms with E-state index in [0.29, 0.717) is 0 Å². The Labute approximate surface area is 79.9 Å². The first-order valence-corrected chi connectivity index (χ1v) is 4.17. The van der Waals surface area contributed by atoms with Crippen molar-refractivity contribution in [3.8, 4) is 0 Å². The van der Waals surface area contributed by atoms with Gasteiger partial charge in [0.2, 0.25) is 0 Å². The maximum absolute atomic E-state index is 12.4. The second-order valence-electron chi connectivity index (χ2n) is 3.21. The van der Waals surface area contributed by atoms with E-state index in [2.05, 4.69) is 4.98 Å². The molecule has 1 atom stereocenters. The first-order valence-electron chi connectivity index (χ1n) is 4.17. The summed E-state index contributed by atoms with van der Waals surface area (Å²) in [6.45, 7) is 1.67. The summed E-state index contributed by atoms with van der Waals surface area (Å²) >= 11 is 0. The molecule has 0 aliphatic rings. The Morgan fingerprint density at radius 2 is 2.14 bits per heavy atom. The second-order valence-corrected chi connectivity index (χ2v) is 3.21. The number of nitrogens with zero attached hydrogens (tertiary/aromatic N) is 1. The summed E-state index contributed by atoms with van der Waals surface area (Å²) in [7, 11) is 0. The monoisotopic (exact) mass is 204 g/mol. The number of alkyl halides is 3. The number of pyridine rings is 1. The Morgan fingerprint density at radius 1 is 1.50 bits per heavy atom. The van der Waals surface area contributed by atoms with Crippen LogP contribution in [0.2, 0.25) is 0 Å². The van der Waals surface area contributed by atoms with E-state index in [9.17, 15) is 13.2 Å². The van der Waals surface area contributed by atoms with Gasteiger partial charge in [0, 0.05) is 18.4 Å². The summed E-state index contributed by atoms with van der Waals surface area (Å²) in [6, 6.07) is 1.06. The van der Waals surface area contributed by atoms with Crippen molar-refractivity contribution in [3.05, 3.63) is 29.6 Å². The van der Waals surface area contributed by atoms with Gasteiger partial charge in [0.1, 0.15) is 0 Å². The molecule has 0 saturated carbocycles. The number of hydrogen-bond acceptors (Lipinski definition) is 2. The summed E-state index contributed by atoms with van der Waals surface area (Å²) in [5.74, 6) is 0. The van der Waals surface area contributed by atoms with E-state index in [-0.39, 0.29) is 18.0 Å². The van der Waals surface area contributed by atoms with Gasteiger partial charge in [-0.2, -0.15) is 13.2 Å². The van der Waals surface area contributed by atoms with Crippen molar-refractivity contribution in [1.82, 2.24) is 4.98 Å². The topological polar surface area (TPSA) is 38.9 Å². The summed E-state index contributed by atoms with van der Waals surface area (Å²) < 4.78 is 37.3. The van der Waals surface area contributed by atoms with Crippen LogP contribution in [0.5, 0.6) is 0 Å². The van der Waals surface area contributed by atoms with E-state index in [1.165, 1.54) is 12.3 Å². The van der Waals surface area contributed by atoms with Gasteiger partial charge in [-0.3, -0.25) is 4.98 Å². The molecule has 0 aliphatic carbocycles. The van der Waals surface area contributed by atoms with Crippen molar-refractivity contribution in [2.45, 2.75) is 25.6 Å². The van der Waals surface area contributed by atoms with Crippen LogP contribution < -0.4 is 5.73 Å². The minimum atomic E-state index is -4.35. The average Bonchev–Trinajstić information content (AvgIpc) is 2.01. The molecule has 0 spiro atoms. The summed E-state index contributed by atoms with van der Waals surface area (Å²) in [5.41, 5.74) is 4.95. The molecule has 1 heterocycles. The van der Waals surface area contributed by atoms with Crippen molar-refractivity contribution in [2.75, 3.05) is 0 Å². The van der Waals surface area contributed by atoms with E-state index < -0.39 is 11.7 Å². The predicted octanol–water partition coefficient (Wildman–Crippen LogP) is 1.99. The molecule has 0 aliphatic heterocycles. The molecule has 0 saturated heterocycles. The number of nitrogens with two attached hydrogens (primary N) is 1. The van der Waals surface area contributed by atoms with Gasteiger partial charge in [-0.05, 0) is 25.0 Å². The third kappa shape index (κ3) is 2.70. The fourth-order valence-electron chi connectivity index (χ4n) is 1.20. The highest BCUT2D eigenvalue weighted by molar-refractivity contribution is 5.26. The molecule has 1 unspecified atom stereocenters. The minimum Gasteiger partial charge on any atom is -0.328 e. The number of halogens is 3. The van der Waals surface area contributed by atoms with Crippen LogP contribution in [0.25, 0.3) is 0 Å². The van der Waals surface area contributed by atoms with Crippen LogP contribution >= 0.6 is 0 Å². The molecule has 1 aromatic heterocycles. The van der Waals surface area contributed by atoms with Crippen LogP contribution in [0, 0.1) is 0 Å². The van der Waals surface area contributed by atoms with E-state index in [1.807, 2.05) is 0 Å². The van der Waals surface area contributed by atoms with Gasteiger partial charge in [-0.15, -0.1) is 0 Å². The Hall–Kier alpha value is -1.10. The number of aromatic nitrogens is 1. The Kier molecular flexibility index (Phi) is 3.10. The zero-order valence-corrected chi connectivity index (χ0v) is 7.67. The number of hydrogen-bond donors (Lipinski definition) is 1. The molecule has 14 heavy (non-hydrogen) atoms. The molecule has 2 nitrogen and oxygen atoms in total. The van der Waals surface area contributed by atoms with Crippen LogP contribution in [0.15, 0.2) is 18.5 Å². The van der Waals surface area contributed by atoms with Crippen LogP contribution in [0.4, 0.5) is 13.2 Å². The Balaban J connectivity index is 3.04. The molecule has 2 N–H and O–H groups in total. The lowest BCUT2D eigenvalue weighted by Crippen LogP contribution is -2.20. The smallest absolute Gasteiger partial charge is 0.328 e. The zero-order valence-electron chi connectivity index (χ0n) is 7.67. The molecule has 0 aromatic carbocycles. The normalized spacial score (nSPS) is 14.1.